The fourth-order valence-electron chi connectivity index (χ4n) is 2.04. The van der Waals surface area contributed by atoms with Crippen LogP contribution < -0.4 is 10.5 Å². The maximum absolute atomic E-state index is 13.3. The van der Waals surface area contributed by atoms with Crippen molar-refractivity contribution < 1.29 is 22.3 Å². The molecule has 0 bridgehead atoms. The predicted molar refractivity (Wildman–Crippen MR) is 78.9 cm³/mol. The molecule has 0 aromatic heterocycles. The Labute approximate surface area is 131 Å². The topological polar surface area (TPSA) is 90.7 Å². The average molecular weight is 383 g/mol. The van der Waals surface area contributed by atoms with Gasteiger partial charge in [0.05, 0.1) is 16.8 Å². The zero-order valence-electron chi connectivity index (χ0n) is 11.4. The summed E-state index contributed by atoms with van der Waals surface area (Å²) in [4.78, 5) is -0.180. The largest absolute Gasteiger partial charge is 0.398 e. The Kier molecular flexibility index (Phi) is 4.89. The zero-order valence-corrected chi connectivity index (χ0v) is 13.8. The van der Waals surface area contributed by atoms with Crippen LogP contribution in [0.4, 0.5) is 10.1 Å². The number of anilines is 1. The Morgan fingerprint density at radius 1 is 1.57 bits per heavy atom. The second kappa shape index (κ2) is 6.17. The van der Waals surface area contributed by atoms with Gasteiger partial charge in [-0.05, 0) is 28.1 Å². The lowest BCUT2D eigenvalue weighted by Gasteiger charge is -2.26. The predicted octanol–water partition coefficient (Wildman–Crippen LogP) is 1.25. The maximum Gasteiger partial charge on any atom is 0.242 e. The first-order valence-corrected chi connectivity index (χ1v) is 8.44. The summed E-state index contributed by atoms with van der Waals surface area (Å²) in [6.45, 7) is 0.884. The highest BCUT2D eigenvalue weighted by atomic mass is 79.9. The second-order valence-electron chi connectivity index (χ2n) is 4.82. The number of hydrogen-bond acceptors (Lipinski definition) is 5. The molecule has 118 valence electrons. The third-order valence-corrected chi connectivity index (χ3v) is 5.49. The minimum absolute atomic E-state index is 0.0303. The van der Waals surface area contributed by atoms with E-state index in [1.165, 1.54) is 7.11 Å². The van der Waals surface area contributed by atoms with Gasteiger partial charge in [-0.2, -0.15) is 0 Å². The number of halogens is 2. The van der Waals surface area contributed by atoms with Gasteiger partial charge >= 0.3 is 0 Å². The summed E-state index contributed by atoms with van der Waals surface area (Å²) in [5.41, 5.74) is 4.75. The molecule has 0 spiro atoms. The number of nitrogen functional groups attached to an aromatic ring is 1. The molecule has 0 amide bonds. The van der Waals surface area contributed by atoms with Gasteiger partial charge in [-0.1, -0.05) is 0 Å². The van der Waals surface area contributed by atoms with Crippen molar-refractivity contribution in [1.29, 1.82) is 0 Å². The summed E-state index contributed by atoms with van der Waals surface area (Å²) in [6, 6.07) is 2.10. The molecule has 3 N–H and O–H groups in total. The van der Waals surface area contributed by atoms with E-state index in [2.05, 4.69) is 20.7 Å². The van der Waals surface area contributed by atoms with Gasteiger partial charge in [0.1, 0.15) is 16.3 Å². The highest BCUT2D eigenvalue weighted by Crippen LogP contribution is 2.27. The SMILES string of the molecule is COC1(CNS(=O)(=O)c2cc(Br)c(F)cc2N)CCOC1. The third-order valence-electron chi connectivity index (χ3n) is 3.43. The van der Waals surface area contributed by atoms with Gasteiger partial charge in [0, 0.05) is 26.7 Å². The molecule has 0 saturated carbocycles. The molecule has 1 atom stereocenters. The van der Waals surface area contributed by atoms with Crippen molar-refractivity contribution in [3.63, 3.8) is 0 Å². The molecule has 1 aliphatic rings. The zero-order chi connectivity index (χ0) is 15.7. The van der Waals surface area contributed by atoms with Crippen molar-refractivity contribution in [1.82, 2.24) is 4.72 Å². The first kappa shape index (κ1) is 16.6. The number of sulfonamides is 1. The second-order valence-corrected chi connectivity index (χ2v) is 7.41. The molecule has 1 aromatic rings. The Balaban J connectivity index is 2.21. The van der Waals surface area contributed by atoms with E-state index in [0.717, 1.165) is 12.1 Å². The normalized spacial score (nSPS) is 22.6. The number of benzene rings is 1. The highest BCUT2D eigenvalue weighted by molar-refractivity contribution is 9.10. The lowest BCUT2D eigenvalue weighted by atomic mass is 10.0. The average Bonchev–Trinajstić information content (AvgIpc) is 2.90. The Hall–Kier alpha value is -0.740. The monoisotopic (exact) mass is 382 g/mol. The van der Waals surface area contributed by atoms with Crippen molar-refractivity contribution in [3.8, 4) is 0 Å². The van der Waals surface area contributed by atoms with E-state index in [1.807, 2.05) is 0 Å². The summed E-state index contributed by atoms with van der Waals surface area (Å²) < 4.78 is 51.0. The standard InChI is InChI=1S/C12H16BrFN2O4S/c1-19-12(2-3-20-7-12)6-16-21(17,18)11-4-8(13)9(14)5-10(11)15/h4-5,16H,2-3,6-7,15H2,1H3. The van der Waals surface area contributed by atoms with Gasteiger partial charge in [0.2, 0.25) is 10.0 Å². The molecule has 1 aromatic carbocycles. The molecule has 6 nitrogen and oxygen atoms in total. The van der Waals surface area contributed by atoms with Crippen LogP contribution in [0.25, 0.3) is 0 Å². The summed E-state index contributed by atoms with van der Waals surface area (Å²) in [5, 5.41) is 0. The van der Waals surface area contributed by atoms with Crippen LogP contribution in [0.5, 0.6) is 0 Å². The number of nitrogens with one attached hydrogen (secondary N) is 1. The molecule has 1 saturated heterocycles. The quantitative estimate of drug-likeness (QED) is 0.747. The molecule has 1 heterocycles. The highest BCUT2D eigenvalue weighted by Gasteiger charge is 2.36. The van der Waals surface area contributed by atoms with Crippen molar-refractivity contribution >= 4 is 31.6 Å². The minimum Gasteiger partial charge on any atom is -0.398 e. The number of ether oxygens (including phenoxy) is 2. The molecule has 21 heavy (non-hydrogen) atoms. The molecule has 2 rings (SSSR count). The summed E-state index contributed by atoms with van der Waals surface area (Å²) in [6.07, 6.45) is 0.592. The molecule has 1 fully saturated rings. The van der Waals surface area contributed by atoms with E-state index in [0.29, 0.717) is 19.6 Å². The van der Waals surface area contributed by atoms with E-state index >= 15 is 0 Å². The molecule has 9 heteroatoms. The van der Waals surface area contributed by atoms with Crippen LogP contribution in [0.1, 0.15) is 6.42 Å². The number of hydrogen-bond donors (Lipinski definition) is 2. The maximum atomic E-state index is 13.3. The minimum atomic E-state index is -3.87. The molecular weight excluding hydrogens is 367 g/mol. The van der Waals surface area contributed by atoms with Crippen molar-refractivity contribution in [3.05, 3.63) is 22.4 Å². The van der Waals surface area contributed by atoms with Crippen molar-refractivity contribution in [2.75, 3.05) is 32.6 Å². The van der Waals surface area contributed by atoms with E-state index in [4.69, 9.17) is 15.2 Å². The van der Waals surface area contributed by atoms with Gasteiger partial charge in [-0.3, -0.25) is 0 Å². The fourth-order valence-corrected chi connectivity index (χ4v) is 3.79. The smallest absolute Gasteiger partial charge is 0.242 e. The fraction of sp³-hybridized carbons (Fsp3) is 0.500. The van der Waals surface area contributed by atoms with Crippen molar-refractivity contribution in [2.24, 2.45) is 0 Å². The third kappa shape index (κ3) is 3.54. The van der Waals surface area contributed by atoms with Gasteiger partial charge < -0.3 is 15.2 Å². The lowest BCUT2D eigenvalue weighted by Crippen LogP contribution is -2.45. The molecule has 0 radical (unpaired) electrons. The summed E-state index contributed by atoms with van der Waals surface area (Å²) >= 11 is 2.95. The van der Waals surface area contributed by atoms with E-state index in [9.17, 15) is 12.8 Å². The van der Waals surface area contributed by atoms with Crippen LogP contribution in [0.2, 0.25) is 0 Å². The Morgan fingerprint density at radius 2 is 2.29 bits per heavy atom. The first-order valence-electron chi connectivity index (χ1n) is 6.17. The van der Waals surface area contributed by atoms with Crippen LogP contribution in [0.15, 0.2) is 21.5 Å². The van der Waals surface area contributed by atoms with E-state index in [-0.39, 0.29) is 21.6 Å². The Bertz CT molecular complexity index is 632. The molecular formula is C12H16BrFN2O4S. The molecule has 1 aliphatic heterocycles. The van der Waals surface area contributed by atoms with Gasteiger partial charge in [-0.25, -0.2) is 17.5 Å². The Morgan fingerprint density at radius 3 is 2.86 bits per heavy atom. The van der Waals surface area contributed by atoms with Crippen LogP contribution in [0, 0.1) is 5.82 Å². The number of methoxy groups -OCH3 is 1. The summed E-state index contributed by atoms with van der Waals surface area (Å²) in [5.74, 6) is -0.621. The van der Waals surface area contributed by atoms with Gasteiger partial charge in [0.15, 0.2) is 0 Å². The van der Waals surface area contributed by atoms with Crippen LogP contribution in [-0.2, 0) is 19.5 Å². The molecule has 0 aliphatic carbocycles. The van der Waals surface area contributed by atoms with Gasteiger partial charge in [-0.15, -0.1) is 0 Å². The number of nitrogens with two attached hydrogens (primary N) is 1. The van der Waals surface area contributed by atoms with Crippen LogP contribution in [0.3, 0.4) is 0 Å². The first-order chi connectivity index (χ1) is 9.80. The number of rotatable bonds is 5. The van der Waals surface area contributed by atoms with Gasteiger partial charge in [0.25, 0.3) is 0 Å². The summed E-state index contributed by atoms with van der Waals surface area (Å²) in [7, 11) is -2.37. The van der Waals surface area contributed by atoms with Crippen molar-refractivity contribution in [2.45, 2.75) is 16.9 Å². The lowest BCUT2D eigenvalue weighted by molar-refractivity contribution is -0.0120. The van der Waals surface area contributed by atoms with Crippen LogP contribution >= 0.6 is 15.9 Å². The van der Waals surface area contributed by atoms with Crippen LogP contribution in [-0.4, -0.2) is 40.9 Å². The molecule has 1 unspecified atom stereocenters. The van der Waals surface area contributed by atoms with E-state index in [1.54, 1.807) is 0 Å². The van der Waals surface area contributed by atoms with E-state index < -0.39 is 21.4 Å².